The van der Waals surface area contributed by atoms with Gasteiger partial charge in [0.1, 0.15) is 22.9 Å². The van der Waals surface area contributed by atoms with E-state index in [4.69, 9.17) is 9.47 Å². The molecule has 0 radical (unpaired) electrons. The van der Waals surface area contributed by atoms with Crippen molar-refractivity contribution in [2.75, 3.05) is 19.0 Å². The number of ether oxygens (including phenoxy) is 2. The third kappa shape index (κ3) is 4.50. The summed E-state index contributed by atoms with van der Waals surface area (Å²) < 4.78 is 35.9. The minimum absolute atomic E-state index is 0.0191. The number of hydrogen-bond donors (Lipinski definition) is 1. The van der Waals surface area contributed by atoms with Gasteiger partial charge in [-0.05, 0) is 18.2 Å². The van der Waals surface area contributed by atoms with Crippen LogP contribution in [0.1, 0.15) is 10.4 Å². The molecule has 136 valence electrons. The summed E-state index contributed by atoms with van der Waals surface area (Å²) >= 11 is 0. The van der Waals surface area contributed by atoms with E-state index in [9.17, 15) is 28.5 Å². The van der Waals surface area contributed by atoms with Crippen molar-refractivity contribution in [2.24, 2.45) is 0 Å². The molecule has 0 aliphatic heterocycles. The largest absolute Gasteiger partial charge is 0.496 e. The minimum Gasteiger partial charge on any atom is -0.496 e. The van der Waals surface area contributed by atoms with Crippen molar-refractivity contribution >= 4 is 23.3 Å². The monoisotopic (exact) mass is 366 g/mol. The summed E-state index contributed by atoms with van der Waals surface area (Å²) in [7, 11) is 1.25. The van der Waals surface area contributed by atoms with Gasteiger partial charge in [0, 0.05) is 18.2 Å². The number of halogens is 2. The second kappa shape index (κ2) is 8.01. The Morgan fingerprint density at radius 2 is 1.92 bits per heavy atom. The number of nitrogens with one attached hydrogen (secondary N) is 1. The van der Waals surface area contributed by atoms with Gasteiger partial charge in [0.15, 0.2) is 6.61 Å². The molecule has 0 saturated heterocycles. The molecule has 10 heteroatoms. The number of carbonyl (C=O) groups excluding carboxylic acids is 2. The summed E-state index contributed by atoms with van der Waals surface area (Å²) in [5, 5.41) is 12.9. The van der Waals surface area contributed by atoms with E-state index in [1.165, 1.54) is 13.2 Å². The molecule has 2 aromatic rings. The van der Waals surface area contributed by atoms with Crippen LogP contribution in [0.15, 0.2) is 36.4 Å². The van der Waals surface area contributed by atoms with Crippen molar-refractivity contribution in [3.8, 4) is 5.75 Å². The maximum Gasteiger partial charge on any atom is 0.342 e. The second-order valence-electron chi connectivity index (χ2n) is 4.89. The Bertz CT molecular complexity index is 872. The summed E-state index contributed by atoms with van der Waals surface area (Å²) in [6, 6.07) is 5.82. The van der Waals surface area contributed by atoms with E-state index in [0.29, 0.717) is 6.07 Å². The van der Waals surface area contributed by atoms with E-state index in [2.05, 4.69) is 5.32 Å². The average Bonchev–Trinajstić information content (AvgIpc) is 2.61. The number of hydrogen-bond acceptors (Lipinski definition) is 6. The Morgan fingerprint density at radius 3 is 2.54 bits per heavy atom. The predicted octanol–water partition coefficient (Wildman–Crippen LogP) is 2.68. The molecule has 0 bridgehead atoms. The summed E-state index contributed by atoms with van der Waals surface area (Å²) in [6.45, 7) is -0.790. The van der Waals surface area contributed by atoms with E-state index in [1.807, 2.05) is 0 Å². The fourth-order valence-electron chi connectivity index (χ4n) is 1.96. The first-order valence-corrected chi connectivity index (χ1v) is 7.06. The van der Waals surface area contributed by atoms with Crippen LogP contribution in [0.5, 0.6) is 5.75 Å². The molecule has 0 atom stereocenters. The summed E-state index contributed by atoms with van der Waals surface area (Å²) in [6.07, 6.45) is 0. The van der Waals surface area contributed by atoms with E-state index >= 15 is 0 Å². The molecule has 0 aliphatic carbocycles. The van der Waals surface area contributed by atoms with Gasteiger partial charge in [0.2, 0.25) is 0 Å². The lowest BCUT2D eigenvalue weighted by atomic mass is 10.2. The second-order valence-corrected chi connectivity index (χ2v) is 4.89. The third-order valence-electron chi connectivity index (χ3n) is 3.15. The molecule has 0 unspecified atom stereocenters. The third-order valence-corrected chi connectivity index (χ3v) is 3.15. The van der Waals surface area contributed by atoms with Crippen LogP contribution < -0.4 is 10.1 Å². The highest BCUT2D eigenvalue weighted by Crippen LogP contribution is 2.24. The lowest BCUT2D eigenvalue weighted by Gasteiger charge is -2.09. The van der Waals surface area contributed by atoms with Gasteiger partial charge in [-0.25, -0.2) is 13.6 Å². The van der Waals surface area contributed by atoms with Gasteiger partial charge in [-0.15, -0.1) is 0 Å². The lowest BCUT2D eigenvalue weighted by molar-refractivity contribution is -0.384. The fourth-order valence-corrected chi connectivity index (χ4v) is 1.96. The SMILES string of the molecule is COc1ccc([N+](=O)[O-])cc1C(=O)OCC(=O)Nc1ccc(F)cc1F. The van der Waals surface area contributed by atoms with Crippen molar-refractivity contribution in [1.82, 2.24) is 0 Å². The van der Waals surface area contributed by atoms with E-state index < -0.39 is 35.0 Å². The van der Waals surface area contributed by atoms with Gasteiger partial charge in [0.25, 0.3) is 11.6 Å². The molecule has 0 aromatic heterocycles. The van der Waals surface area contributed by atoms with Crippen LogP contribution >= 0.6 is 0 Å². The zero-order valence-corrected chi connectivity index (χ0v) is 13.3. The maximum atomic E-state index is 13.5. The highest BCUT2D eigenvalue weighted by atomic mass is 19.1. The number of amides is 1. The van der Waals surface area contributed by atoms with Crippen LogP contribution in [-0.2, 0) is 9.53 Å². The number of carbonyl (C=O) groups is 2. The van der Waals surface area contributed by atoms with Gasteiger partial charge in [0.05, 0.1) is 17.7 Å². The van der Waals surface area contributed by atoms with Crippen LogP contribution in [0.2, 0.25) is 0 Å². The Balaban J connectivity index is 2.05. The number of benzene rings is 2. The Hall–Kier alpha value is -3.56. The molecule has 0 fully saturated rings. The molecule has 8 nitrogen and oxygen atoms in total. The molecule has 26 heavy (non-hydrogen) atoms. The molecule has 0 saturated carbocycles. The smallest absolute Gasteiger partial charge is 0.342 e. The number of nitro groups is 1. The van der Waals surface area contributed by atoms with Crippen molar-refractivity contribution in [2.45, 2.75) is 0 Å². The first kappa shape index (κ1) is 18.8. The molecule has 2 rings (SSSR count). The molecule has 1 amide bonds. The summed E-state index contributed by atoms with van der Waals surface area (Å²) in [5.41, 5.74) is -0.904. The van der Waals surface area contributed by atoms with Crippen molar-refractivity contribution in [3.63, 3.8) is 0 Å². The first-order valence-electron chi connectivity index (χ1n) is 7.06. The number of nitrogens with zero attached hydrogens (tertiary/aromatic N) is 1. The number of esters is 1. The maximum absolute atomic E-state index is 13.5. The van der Waals surface area contributed by atoms with Gasteiger partial charge in [-0.2, -0.15) is 0 Å². The van der Waals surface area contributed by atoms with Gasteiger partial charge in [-0.3, -0.25) is 14.9 Å². The van der Waals surface area contributed by atoms with E-state index in [1.54, 1.807) is 0 Å². The zero-order chi connectivity index (χ0) is 19.3. The summed E-state index contributed by atoms with van der Waals surface area (Å²) in [4.78, 5) is 33.8. The standard InChI is InChI=1S/C16H12F2N2O6/c1-25-14-5-3-10(20(23)24)7-11(14)16(22)26-8-15(21)19-13-4-2-9(17)6-12(13)18/h2-7H,8H2,1H3,(H,19,21). The molecule has 0 spiro atoms. The van der Waals surface area contributed by atoms with E-state index in [0.717, 1.165) is 24.3 Å². The molecule has 1 N–H and O–H groups in total. The van der Waals surface area contributed by atoms with Crippen LogP contribution in [0.3, 0.4) is 0 Å². The average molecular weight is 366 g/mol. The highest BCUT2D eigenvalue weighted by Gasteiger charge is 2.20. The topological polar surface area (TPSA) is 108 Å². The summed E-state index contributed by atoms with van der Waals surface area (Å²) in [5.74, 6) is -3.71. The molecular formula is C16H12F2N2O6. The normalized spacial score (nSPS) is 10.1. The first-order chi connectivity index (χ1) is 12.3. The van der Waals surface area contributed by atoms with E-state index in [-0.39, 0.29) is 22.7 Å². The minimum atomic E-state index is -1.04. The zero-order valence-electron chi connectivity index (χ0n) is 13.3. The molecular weight excluding hydrogens is 354 g/mol. The van der Waals surface area contributed by atoms with Gasteiger partial charge < -0.3 is 14.8 Å². The fraction of sp³-hybridized carbons (Fsp3) is 0.125. The molecule has 0 heterocycles. The van der Waals surface area contributed by atoms with Crippen LogP contribution in [0.25, 0.3) is 0 Å². The number of nitro benzene ring substituents is 1. The van der Waals surface area contributed by atoms with Gasteiger partial charge in [-0.1, -0.05) is 0 Å². The Morgan fingerprint density at radius 1 is 1.19 bits per heavy atom. The van der Waals surface area contributed by atoms with Crippen molar-refractivity contribution < 1.29 is 32.8 Å². The predicted molar refractivity (Wildman–Crippen MR) is 84.9 cm³/mol. The lowest BCUT2D eigenvalue weighted by Crippen LogP contribution is -2.21. The number of non-ortho nitro benzene ring substituents is 1. The van der Waals surface area contributed by atoms with Crippen molar-refractivity contribution in [3.05, 3.63) is 63.7 Å². The Labute approximate surface area is 145 Å². The van der Waals surface area contributed by atoms with Gasteiger partial charge >= 0.3 is 5.97 Å². The van der Waals surface area contributed by atoms with Crippen molar-refractivity contribution in [1.29, 1.82) is 0 Å². The Kier molecular flexibility index (Phi) is 5.78. The quantitative estimate of drug-likeness (QED) is 0.478. The van der Waals surface area contributed by atoms with Crippen LogP contribution in [0.4, 0.5) is 20.2 Å². The van der Waals surface area contributed by atoms with Crippen LogP contribution in [-0.4, -0.2) is 30.5 Å². The molecule has 2 aromatic carbocycles. The number of anilines is 1. The number of methoxy groups -OCH3 is 1. The molecule has 0 aliphatic rings. The van der Waals surface area contributed by atoms with Crippen LogP contribution in [0, 0.1) is 21.7 Å². The number of rotatable bonds is 6. The highest BCUT2D eigenvalue weighted by molar-refractivity contribution is 5.97.